The van der Waals surface area contributed by atoms with Gasteiger partial charge in [-0.1, -0.05) is 11.8 Å². The van der Waals surface area contributed by atoms with E-state index < -0.39 is 5.97 Å². The fraction of sp³-hybridized carbons (Fsp3) is 0.125. The van der Waals surface area contributed by atoms with Crippen molar-refractivity contribution in [3.63, 3.8) is 0 Å². The lowest BCUT2D eigenvalue weighted by atomic mass is 10.3. The van der Waals surface area contributed by atoms with E-state index >= 15 is 0 Å². The Bertz CT molecular complexity index is 359. The molecule has 1 aromatic rings. The van der Waals surface area contributed by atoms with Crippen molar-refractivity contribution in [3.8, 4) is 6.07 Å². The highest BCUT2D eigenvalue weighted by atomic mass is 32.2. The summed E-state index contributed by atoms with van der Waals surface area (Å²) in [6, 6.07) is 4.94. The highest BCUT2D eigenvalue weighted by molar-refractivity contribution is 7.99. The third-order valence-corrected chi connectivity index (χ3v) is 2.15. The zero-order valence-electron chi connectivity index (χ0n) is 6.60. The molecule has 1 rings (SSSR count). The summed E-state index contributed by atoms with van der Waals surface area (Å²) in [4.78, 5) is 14.5. The predicted octanol–water partition coefficient (Wildman–Crippen LogP) is 1.40. The Labute approximate surface area is 79.2 Å². The van der Waals surface area contributed by atoms with Gasteiger partial charge in [-0.3, -0.25) is 0 Å². The Morgan fingerprint density at radius 1 is 1.77 bits per heavy atom. The molecule has 0 aliphatic rings. The minimum atomic E-state index is -1.02. The lowest BCUT2D eigenvalue weighted by Crippen LogP contribution is -2.00. The molecule has 1 N–H and O–H groups in total. The van der Waals surface area contributed by atoms with Crippen molar-refractivity contribution < 1.29 is 9.90 Å². The molecule has 0 aliphatic carbocycles. The Kier molecular flexibility index (Phi) is 3.29. The van der Waals surface area contributed by atoms with Gasteiger partial charge in [-0.15, -0.1) is 0 Å². The number of pyridine rings is 1. The molecule has 0 unspecified atom stereocenters. The van der Waals surface area contributed by atoms with Gasteiger partial charge in [0.15, 0.2) is 0 Å². The summed E-state index contributed by atoms with van der Waals surface area (Å²) < 4.78 is 0. The van der Waals surface area contributed by atoms with E-state index in [0.29, 0.717) is 5.03 Å². The smallest absolute Gasteiger partial charge is 0.338 e. The van der Waals surface area contributed by atoms with Crippen LogP contribution in [0.1, 0.15) is 10.4 Å². The number of nitriles is 1. The zero-order valence-corrected chi connectivity index (χ0v) is 7.41. The van der Waals surface area contributed by atoms with Crippen molar-refractivity contribution in [3.05, 3.63) is 23.9 Å². The van der Waals surface area contributed by atoms with Crippen molar-refractivity contribution in [2.75, 3.05) is 5.75 Å². The Morgan fingerprint density at radius 2 is 2.54 bits per heavy atom. The monoisotopic (exact) mass is 194 g/mol. The van der Waals surface area contributed by atoms with Gasteiger partial charge in [0.25, 0.3) is 0 Å². The highest BCUT2D eigenvalue weighted by Crippen LogP contribution is 2.18. The number of rotatable bonds is 3. The first-order chi connectivity index (χ1) is 6.25. The van der Waals surface area contributed by atoms with Crippen molar-refractivity contribution in [1.82, 2.24) is 4.98 Å². The van der Waals surface area contributed by atoms with Gasteiger partial charge in [-0.25, -0.2) is 9.78 Å². The number of carbonyl (C=O) groups is 1. The number of thioether (sulfide) groups is 1. The minimum absolute atomic E-state index is 0.141. The molecule has 4 nitrogen and oxygen atoms in total. The minimum Gasteiger partial charge on any atom is -0.478 e. The normalized spacial score (nSPS) is 9.15. The van der Waals surface area contributed by atoms with Crippen LogP contribution in [-0.4, -0.2) is 21.8 Å². The number of hydrogen-bond donors (Lipinski definition) is 1. The van der Waals surface area contributed by atoms with Crippen molar-refractivity contribution in [1.29, 1.82) is 5.26 Å². The summed E-state index contributed by atoms with van der Waals surface area (Å²) in [5.74, 6) is -0.814. The molecule has 0 atom stereocenters. The second kappa shape index (κ2) is 4.48. The lowest BCUT2D eigenvalue weighted by molar-refractivity contribution is 0.0692. The van der Waals surface area contributed by atoms with E-state index in [-0.39, 0.29) is 11.3 Å². The third kappa shape index (κ3) is 2.46. The second-order valence-corrected chi connectivity index (χ2v) is 3.07. The molecule has 0 amide bonds. The molecule has 0 radical (unpaired) electrons. The Balaban J connectivity index is 2.92. The van der Waals surface area contributed by atoms with Gasteiger partial charge < -0.3 is 5.11 Å². The molecular weight excluding hydrogens is 188 g/mol. The number of nitrogens with zero attached hydrogens (tertiary/aromatic N) is 2. The van der Waals surface area contributed by atoms with Crippen LogP contribution >= 0.6 is 11.8 Å². The van der Waals surface area contributed by atoms with E-state index in [4.69, 9.17) is 10.4 Å². The standard InChI is InChI=1S/C8H6N2O2S/c9-3-5-13-7-6(8(11)12)2-1-4-10-7/h1-2,4H,5H2,(H,11,12). The summed E-state index contributed by atoms with van der Waals surface area (Å²) in [5, 5.41) is 17.4. The van der Waals surface area contributed by atoms with Gasteiger partial charge in [0.1, 0.15) is 5.03 Å². The van der Waals surface area contributed by atoms with Gasteiger partial charge in [-0.05, 0) is 12.1 Å². The molecule has 66 valence electrons. The predicted molar refractivity (Wildman–Crippen MR) is 47.5 cm³/mol. The van der Waals surface area contributed by atoms with Crippen LogP contribution < -0.4 is 0 Å². The van der Waals surface area contributed by atoms with Crippen LogP contribution in [0.15, 0.2) is 23.4 Å². The van der Waals surface area contributed by atoms with E-state index in [1.807, 2.05) is 6.07 Å². The molecule has 0 fully saturated rings. The van der Waals surface area contributed by atoms with Gasteiger partial charge in [0, 0.05) is 6.20 Å². The maximum absolute atomic E-state index is 10.6. The van der Waals surface area contributed by atoms with E-state index in [2.05, 4.69) is 4.98 Å². The topological polar surface area (TPSA) is 74.0 Å². The van der Waals surface area contributed by atoms with Crippen LogP contribution in [0.4, 0.5) is 0 Å². The molecular formula is C8H6N2O2S. The van der Waals surface area contributed by atoms with Crippen LogP contribution in [0.5, 0.6) is 0 Å². The van der Waals surface area contributed by atoms with Gasteiger partial charge in [-0.2, -0.15) is 5.26 Å². The molecule has 1 heterocycles. The fourth-order valence-corrected chi connectivity index (χ4v) is 1.42. The Morgan fingerprint density at radius 3 is 3.15 bits per heavy atom. The summed E-state index contributed by atoms with van der Waals surface area (Å²) >= 11 is 1.12. The van der Waals surface area contributed by atoms with Crippen LogP contribution in [-0.2, 0) is 0 Å². The van der Waals surface area contributed by atoms with Crippen molar-refractivity contribution in [2.24, 2.45) is 0 Å². The first-order valence-electron chi connectivity index (χ1n) is 3.43. The van der Waals surface area contributed by atoms with Crippen molar-refractivity contribution >= 4 is 17.7 Å². The molecule has 0 saturated heterocycles. The SMILES string of the molecule is N#CCSc1ncccc1C(=O)O. The average Bonchev–Trinajstić information content (AvgIpc) is 2.15. The number of hydrogen-bond acceptors (Lipinski definition) is 4. The second-order valence-electron chi connectivity index (χ2n) is 2.11. The van der Waals surface area contributed by atoms with E-state index in [1.165, 1.54) is 12.3 Å². The van der Waals surface area contributed by atoms with Crippen LogP contribution in [0, 0.1) is 11.3 Å². The first-order valence-corrected chi connectivity index (χ1v) is 4.42. The molecule has 1 aromatic heterocycles. The summed E-state index contributed by atoms with van der Waals surface area (Å²) in [6.45, 7) is 0. The maximum atomic E-state index is 10.6. The molecule has 13 heavy (non-hydrogen) atoms. The lowest BCUT2D eigenvalue weighted by Gasteiger charge is -1.99. The fourth-order valence-electron chi connectivity index (χ4n) is 0.769. The van der Waals surface area contributed by atoms with E-state index in [0.717, 1.165) is 11.8 Å². The quantitative estimate of drug-likeness (QED) is 0.736. The highest BCUT2D eigenvalue weighted by Gasteiger charge is 2.09. The summed E-state index contributed by atoms with van der Waals surface area (Å²) in [7, 11) is 0. The molecule has 0 bridgehead atoms. The zero-order chi connectivity index (χ0) is 9.68. The van der Waals surface area contributed by atoms with Gasteiger partial charge in [0.2, 0.25) is 0 Å². The van der Waals surface area contributed by atoms with E-state index in [9.17, 15) is 4.79 Å². The van der Waals surface area contributed by atoms with Crippen molar-refractivity contribution in [2.45, 2.75) is 5.03 Å². The molecule has 0 aromatic carbocycles. The number of aromatic nitrogens is 1. The molecule has 0 aliphatic heterocycles. The number of carboxylic acid groups (broad SMARTS) is 1. The average molecular weight is 194 g/mol. The maximum Gasteiger partial charge on any atom is 0.338 e. The summed E-state index contributed by atoms with van der Waals surface area (Å²) in [5.41, 5.74) is 0.141. The van der Waals surface area contributed by atoms with Gasteiger partial charge >= 0.3 is 5.97 Å². The van der Waals surface area contributed by atoms with Crippen LogP contribution in [0.25, 0.3) is 0 Å². The number of carboxylic acids is 1. The third-order valence-electron chi connectivity index (χ3n) is 1.28. The van der Waals surface area contributed by atoms with Crippen LogP contribution in [0.2, 0.25) is 0 Å². The largest absolute Gasteiger partial charge is 0.478 e. The van der Waals surface area contributed by atoms with Gasteiger partial charge in [0.05, 0.1) is 17.4 Å². The van der Waals surface area contributed by atoms with Crippen LogP contribution in [0.3, 0.4) is 0 Å². The molecule has 5 heteroatoms. The first kappa shape index (κ1) is 9.55. The molecule has 0 saturated carbocycles. The number of aromatic carboxylic acids is 1. The summed E-state index contributed by atoms with van der Waals surface area (Å²) in [6.07, 6.45) is 1.51. The molecule has 0 spiro atoms. The van der Waals surface area contributed by atoms with E-state index in [1.54, 1.807) is 6.07 Å². The Hall–Kier alpha value is -1.54.